The highest BCUT2D eigenvalue weighted by atomic mass is 19.1. The van der Waals surface area contributed by atoms with Gasteiger partial charge in [-0.1, -0.05) is 0 Å². The van der Waals surface area contributed by atoms with E-state index in [4.69, 9.17) is 0 Å². The fourth-order valence-electron chi connectivity index (χ4n) is 3.54. The molecule has 1 amide bonds. The molecule has 4 rings (SSSR count). The van der Waals surface area contributed by atoms with E-state index < -0.39 is 0 Å². The van der Waals surface area contributed by atoms with Crippen LogP contribution in [-0.2, 0) is 4.79 Å². The van der Waals surface area contributed by atoms with Crippen molar-refractivity contribution in [3.63, 3.8) is 0 Å². The van der Waals surface area contributed by atoms with Crippen molar-refractivity contribution < 1.29 is 13.6 Å². The van der Waals surface area contributed by atoms with Crippen molar-refractivity contribution in [3.8, 4) is 0 Å². The van der Waals surface area contributed by atoms with Gasteiger partial charge < -0.3 is 10.6 Å². The maximum absolute atomic E-state index is 13.0. The zero-order valence-corrected chi connectivity index (χ0v) is 16.2. The largest absolute Gasteiger partial charge is 0.339 e. The minimum Gasteiger partial charge on any atom is -0.339 e. The number of benzene rings is 1. The molecule has 0 radical (unpaired) electrons. The number of carbonyl (C=O) groups is 1. The molecule has 3 aromatic rings. The second kappa shape index (κ2) is 8.96. The Hall–Kier alpha value is -3.39. The minimum atomic E-state index is -0.390. The highest BCUT2D eigenvalue weighted by Crippen LogP contribution is 2.31. The zero-order chi connectivity index (χ0) is 20.9. The molecule has 0 bridgehead atoms. The van der Waals surface area contributed by atoms with E-state index in [0.717, 1.165) is 37.0 Å². The van der Waals surface area contributed by atoms with Crippen molar-refractivity contribution in [1.29, 1.82) is 0 Å². The lowest BCUT2D eigenvalue weighted by molar-refractivity contribution is -0.117. The first-order chi connectivity index (χ1) is 14.6. The van der Waals surface area contributed by atoms with Crippen LogP contribution in [-0.4, -0.2) is 33.9 Å². The van der Waals surface area contributed by atoms with E-state index in [-0.39, 0.29) is 30.1 Å². The molecule has 154 valence electrons. The molecular weight excluding hydrogens is 388 g/mol. The van der Waals surface area contributed by atoms with Crippen LogP contribution in [0.1, 0.15) is 24.6 Å². The van der Waals surface area contributed by atoms with Crippen LogP contribution in [0.15, 0.2) is 60.9 Å². The first kappa shape index (κ1) is 19.9. The highest BCUT2D eigenvalue weighted by molar-refractivity contribution is 5.92. The quantitative estimate of drug-likeness (QED) is 0.636. The van der Waals surface area contributed by atoms with Gasteiger partial charge in [-0.15, -0.1) is 0 Å². The van der Waals surface area contributed by atoms with Crippen molar-refractivity contribution in [2.75, 3.05) is 23.7 Å². The van der Waals surface area contributed by atoms with Crippen molar-refractivity contribution >= 4 is 23.1 Å². The Morgan fingerprint density at radius 2 is 1.73 bits per heavy atom. The Kier molecular flexibility index (Phi) is 5.94. The van der Waals surface area contributed by atoms with Gasteiger partial charge in [0.25, 0.3) is 0 Å². The molecule has 1 fully saturated rings. The Morgan fingerprint density at radius 1 is 0.967 bits per heavy atom. The third-order valence-corrected chi connectivity index (χ3v) is 4.97. The zero-order valence-electron chi connectivity index (χ0n) is 16.2. The number of aromatic nitrogens is 2. The van der Waals surface area contributed by atoms with Crippen molar-refractivity contribution in [3.05, 3.63) is 78.3 Å². The number of anilines is 3. The number of pyridine rings is 2. The summed E-state index contributed by atoms with van der Waals surface area (Å²) in [5, 5.41) is 5.88. The van der Waals surface area contributed by atoms with Crippen LogP contribution in [0, 0.1) is 11.6 Å². The van der Waals surface area contributed by atoms with E-state index in [1.807, 2.05) is 12.1 Å². The van der Waals surface area contributed by atoms with E-state index in [2.05, 4.69) is 25.5 Å². The van der Waals surface area contributed by atoms with E-state index in [1.165, 1.54) is 30.3 Å². The Labute approximate surface area is 173 Å². The smallest absolute Gasteiger partial charge is 0.238 e. The predicted octanol–water partition coefficient (Wildman–Crippen LogP) is 4.27. The summed E-state index contributed by atoms with van der Waals surface area (Å²) in [7, 11) is 0. The van der Waals surface area contributed by atoms with Gasteiger partial charge in [0.1, 0.15) is 17.5 Å². The molecule has 0 spiro atoms. The molecule has 0 saturated carbocycles. The van der Waals surface area contributed by atoms with Crippen LogP contribution in [0.5, 0.6) is 0 Å². The summed E-state index contributed by atoms with van der Waals surface area (Å²) in [5.41, 5.74) is 2.20. The summed E-state index contributed by atoms with van der Waals surface area (Å²) in [5.74, 6) is -0.342. The SMILES string of the molecule is O=C(CN1CCC[C@H]1c1ccc(Nc2ccc(F)cn2)cn1)Nc1ccc(F)cc1. The van der Waals surface area contributed by atoms with Crippen LogP contribution in [0.25, 0.3) is 0 Å². The predicted molar refractivity (Wildman–Crippen MR) is 110 cm³/mol. The van der Waals surface area contributed by atoms with Gasteiger partial charge >= 0.3 is 0 Å². The Balaban J connectivity index is 1.37. The van der Waals surface area contributed by atoms with E-state index in [0.29, 0.717) is 11.5 Å². The number of hydrogen-bond donors (Lipinski definition) is 2. The first-order valence-corrected chi connectivity index (χ1v) is 9.71. The summed E-state index contributed by atoms with van der Waals surface area (Å²) in [6.45, 7) is 1.05. The van der Waals surface area contributed by atoms with Gasteiger partial charge in [0.2, 0.25) is 5.91 Å². The molecule has 1 atom stereocenters. The number of nitrogens with zero attached hydrogens (tertiary/aromatic N) is 3. The molecule has 3 heterocycles. The topological polar surface area (TPSA) is 70.2 Å². The molecule has 8 heteroatoms. The normalized spacial score (nSPS) is 16.4. The molecule has 1 saturated heterocycles. The number of nitrogens with one attached hydrogen (secondary N) is 2. The van der Waals surface area contributed by atoms with Gasteiger partial charge in [0.15, 0.2) is 0 Å². The first-order valence-electron chi connectivity index (χ1n) is 9.71. The monoisotopic (exact) mass is 409 g/mol. The Bertz CT molecular complexity index is 994. The fraction of sp³-hybridized carbons (Fsp3) is 0.227. The number of carbonyl (C=O) groups excluding carboxylic acids is 1. The van der Waals surface area contributed by atoms with E-state index in [9.17, 15) is 13.6 Å². The van der Waals surface area contributed by atoms with Crippen LogP contribution >= 0.6 is 0 Å². The summed E-state index contributed by atoms with van der Waals surface area (Å²) in [6.07, 6.45) is 4.76. The van der Waals surface area contributed by atoms with Crippen LogP contribution in [0.3, 0.4) is 0 Å². The average molecular weight is 409 g/mol. The van der Waals surface area contributed by atoms with Crippen LogP contribution in [0.2, 0.25) is 0 Å². The molecular formula is C22H21F2N5O. The summed E-state index contributed by atoms with van der Waals surface area (Å²) in [6, 6.07) is 12.5. The molecule has 1 aromatic carbocycles. The lowest BCUT2D eigenvalue weighted by atomic mass is 10.1. The van der Waals surface area contributed by atoms with Crippen molar-refractivity contribution in [2.24, 2.45) is 0 Å². The minimum absolute atomic E-state index is 0.0574. The number of rotatable bonds is 6. The van der Waals surface area contributed by atoms with Gasteiger partial charge in [-0.2, -0.15) is 0 Å². The van der Waals surface area contributed by atoms with Gasteiger partial charge in [0.05, 0.1) is 36.4 Å². The van der Waals surface area contributed by atoms with Crippen LogP contribution in [0.4, 0.5) is 26.0 Å². The second-order valence-electron chi connectivity index (χ2n) is 7.14. The van der Waals surface area contributed by atoms with Crippen LogP contribution < -0.4 is 10.6 Å². The van der Waals surface area contributed by atoms with Gasteiger partial charge in [-0.25, -0.2) is 13.8 Å². The van der Waals surface area contributed by atoms with E-state index in [1.54, 1.807) is 12.3 Å². The summed E-state index contributed by atoms with van der Waals surface area (Å²) >= 11 is 0. The lowest BCUT2D eigenvalue weighted by Crippen LogP contribution is -2.33. The number of halogens is 2. The molecule has 2 N–H and O–H groups in total. The molecule has 0 aliphatic carbocycles. The maximum atomic E-state index is 13.0. The second-order valence-corrected chi connectivity index (χ2v) is 7.14. The maximum Gasteiger partial charge on any atom is 0.238 e. The molecule has 1 aliphatic rings. The number of hydrogen-bond acceptors (Lipinski definition) is 5. The number of amides is 1. The van der Waals surface area contributed by atoms with Gasteiger partial charge in [-0.3, -0.25) is 14.7 Å². The van der Waals surface area contributed by atoms with E-state index >= 15 is 0 Å². The van der Waals surface area contributed by atoms with Crippen molar-refractivity contribution in [2.45, 2.75) is 18.9 Å². The van der Waals surface area contributed by atoms with Gasteiger partial charge in [-0.05, 0) is 67.9 Å². The average Bonchev–Trinajstić information content (AvgIpc) is 3.20. The number of likely N-dealkylation sites (tertiary alicyclic amines) is 1. The molecule has 2 aromatic heterocycles. The molecule has 6 nitrogen and oxygen atoms in total. The third-order valence-electron chi connectivity index (χ3n) is 4.97. The highest BCUT2D eigenvalue weighted by Gasteiger charge is 2.28. The lowest BCUT2D eigenvalue weighted by Gasteiger charge is -2.23. The van der Waals surface area contributed by atoms with Gasteiger partial charge in [0, 0.05) is 5.69 Å². The molecule has 1 aliphatic heterocycles. The van der Waals surface area contributed by atoms with Crippen molar-refractivity contribution in [1.82, 2.24) is 14.9 Å². The standard InChI is InChI=1S/C22H21F2N5O/c23-15-3-6-17(7-4-15)28-22(30)14-29-11-1-2-20(29)19-9-8-18(13-25-19)27-21-10-5-16(24)12-26-21/h3-10,12-13,20H,1-2,11,14H2,(H,26,27)(H,28,30)/t20-/m0/s1. The molecule has 30 heavy (non-hydrogen) atoms. The molecule has 0 unspecified atom stereocenters. The summed E-state index contributed by atoms with van der Waals surface area (Å²) in [4.78, 5) is 23.0. The third kappa shape index (κ3) is 4.96. The summed E-state index contributed by atoms with van der Waals surface area (Å²) < 4.78 is 26.0. The fourth-order valence-corrected chi connectivity index (χ4v) is 3.54. The Morgan fingerprint density at radius 3 is 2.43 bits per heavy atom.